The number of rotatable bonds is 4. The van der Waals surface area contributed by atoms with Crippen molar-refractivity contribution in [1.82, 2.24) is 4.98 Å². The molecular weight excluding hydrogens is 252 g/mol. The molecule has 0 saturated heterocycles. The maximum atomic E-state index is 11.3. The highest BCUT2D eigenvalue weighted by Crippen LogP contribution is 2.36. The summed E-state index contributed by atoms with van der Waals surface area (Å²) in [6.07, 6.45) is 2.62. The first-order valence-electron chi connectivity index (χ1n) is 6.84. The summed E-state index contributed by atoms with van der Waals surface area (Å²) in [6, 6.07) is 7.01. The number of H-pyrrole nitrogens is 1. The molecule has 0 aliphatic rings. The van der Waals surface area contributed by atoms with Gasteiger partial charge in [0.1, 0.15) is 6.04 Å². The number of hydrogen-bond donors (Lipinski definition) is 3. The number of aliphatic carboxylic acids is 1. The van der Waals surface area contributed by atoms with Crippen LogP contribution in [0.3, 0.4) is 0 Å². The molecule has 0 unspecified atom stereocenters. The highest BCUT2D eigenvalue weighted by molar-refractivity contribution is 5.85. The summed E-state index contributed by atoms with van der Waals surface area (Å²) < 4.78 is 0. The van der Waals surface area contributed by atoms with E-state index in [0.29, 0.717) is 0 Å². The second kappa shape index (κ2) is 5.29. The number of carboxylic acids is 1. The summed E-state index contributed by atoms with van der Waals surface area (Å²) >= 11 is 0. The molecule has 2 aromatic rings. The van der Waals surface area contributed by atoms with E-state index in [0.717, 1.165) is 22.9 Å². The van der Waals surface area contributed by atoms with Crippen LogP contribution >= 0.6 is 0 Å². The van der Waals surface area contributed by atoms with Gasteiger partial charge >= 0.3 is 5.97 Å². The Morgan fingerprint density at radius 2 is 2.00 bits per heavy atom. The third-order valence-corrected chi connectivity index (χ3v) is 3.57. The Kier molecular flexibility index (Phi) is 3.86. The molecule has 1 aromatic carbocycles. The van der Waals surface area contributed by atoms with Crippen molar-refractivity contribution in [3.05, 3.63) is 36.0 Å². The molecule has 1 aromatic heterocycles. The van der Waals surface area contributed by atoms with Gasteiger partial charge in [0.15, 0.2) is 0 Å². The Labute approximate surface area is 119 Å². The van der Waals surface area contributed by atoms with Crippen LogP contribution in [0.2, 0.25) is 0 Å². The zero-order valence-electron chi connectivity index (χ0n) is 12.2. The number of nitrogens with two attached hydrogens (primary N) is 1. The van der Waals surface area contributed by atoms with E-state index in [2.05, 4.69) is 25.8 Å². The number of carbonyl (C=O) groups is 1. The van der Waals surface area contributed by atoms with Crippen molar-refractivity contribution < 1.29 is 9.90 Å². The largest absolute Gasteiger partial charge is 0.480 e. The predicted octanol–water partition coefficient (Wildman–Crippen LogP) is 3.10. The lowest BCUT2D eigenvalue weighted by Gasteiger charge is -2.28. The Hall–Kier alpha value is -1.81. The smallest absolute Gasteiger partial charge is 0.321 e. The van der Waals surface area contributed by atoms with Crippen LogP contribution in [0.15, 0.2) is 30.5 Å². The molecule has 108 valence electrons. The number of hydrogen-bond acceptors (Lipinski definition) is 2. The SMILES string of the molecule is CC(C)(C)C[C@H](c1c[nH]c2ccccc12)[C@H](N)C(=O)O. The Morgan fingerprint density at radius 3 is 2.60 bits per heavy atom. The van der Waals surface area contributed by atoms with Crippen molar-refractivity contribution in [3.63, 3.8) is 0 Å². The lowest BCUT2D eigenvalue weighted by molar-refractivity contribution is -0.139. The van der Waals surface area contributed by atoms with E-state index in [9.17, 15) is 9.90 Å². The van der Waals surface area contributed by atoms with Crippen molar-refractivity contribution >= 4 is 16.9 Å². The monoisotopic (exact) mass is 274 g/mol. The Morgan fingerprint density at radius 1 is 1.35 bits per heavy atom. The Bertz CT molecular complexity index is 610. The second-order valence-electron chi connectivity index (χ2n) is 6.52. The number of fused-ring (bicyclic) bond motifs is 1. The molecule has 0 bridgehead atoms. The fourth-order valence-corrected chi connectivity index (χ4v) is 2.66. The highest BCUT2D eigenvalue weighted by atomic mass is 16.4. The van der Waals surface area contributed by atoms with Gasteiger partial charge in [0.05, 0.1) is 0 Å². The van der Waals surface area contributed by atoms with Gasteiger partial charge in [-0.25, -0.2) is 0 Å². The molecule has 0 aliphatic heterocycles. The summed E-state index contributed by atoms with van der Waals surface area (Å²) in [5, 5.41) is 10.3. The number of aromatic amines is 1. The van der Waals surface area contributed by atoms with Gasteiger partial charge in [-0.3, -0.25) is 4.79 Å². The van der Waals surface area contributed by atoms with E-state index in [1.807, 2.05) is 30.5 Å². The maximum absolute atomic E-state index is 11.3. The Balaban J connectivity index is 2.47. The molecule has 0 fully saturated rings. The molecule has 2 atom stereocenters. The van der Waals surface area contributed by atoms with Crippen molar-refractivity contribution in [2.45, 2.75) is 39.2 Å². The normalized spacial score (nSPS) is 15.2. The van der Waals surface area contributed by atoms with Crippen molar-refractivity contribution in [1.29, 1.82) is 0 Å². The first kappa shape index (κ1) is 14.6. The van der Waals surface area contributed by atoms with Gasteiger partial charge in [-0.1, -0.05) is 39.0 Å². The van der Waals surface area contributed by atoms with E-state index in [1.54, 1.807) is 0 Å². The van der Waals surface area contributed by atoms with Gasteiger partial charge in [0.25, 0.3) is 0 Å². The van der Waals surface area contributed by atoms with E-state index in [1.165, 1.54) is 0 Å². The highest BCUT2D eigenvalue weighted by Gasteiger charge is 2.31. The summed E-state index contributed by atoms with van der Waals surface area (Å²) in [6.45, 7) is 6.30. The number of para-hydroxylation sites is 1. The minimum absolute atomic E-state index is 0.0100. The molecule has 4 nitrogen and oxygen atoms in total. The average molecular weight is 274 g/mol. The zero-order valence-corrected chi connectivity index (χ0v) is 12.2. The molecular formula is C16H22N2O2. The molecule has 4 N–H and O–H groups in total. The minimum atomic E-state index is -0.954. The summed E-state index contributed by atoms with van der Waals surface area (Å²) in [5.41, 5.74) is 7.95. The predicted molar refractivity (Wildman–Crippen MR) is 80.7 cm³/mol. The lowest BCUT2D eigenvalue weighted by Crippen LogP contribution is -2.38. The molecule has 0 amide bonds. The fraction of sp³-hybridized carbons (Fsp3) is 0.438. The van der Waals surface area contributed by atoms with Crippen molar-refractivity contribution in [2.75, 3.05) is 0 Å². The topological polar surface area (TPSA) is 79.1 Å². The van der Waals surface area contributed by atoms with Crippen LogP contribution in [0.25, 0.3) is 10.9 Å². The van der Waals surface area contributed by atoms with Crippen LogP contribution in [-0.4, -0.2) is 22.1 Å². The van der Waals surface area contributed by atoms with Crippen LogP contribution in [0, 0.1) is 5.41 Å². The van der Waals surface area contributed by atoms with Crippen LogP contribution in [0.1, 0.15) is 38.7 Å². The molecule has 4 heteroatoms. The number of carboxylic acid groups (broad SMARTS) is 1. The van der Waals surface area contributed by atoms with Crippen molar-refractivity contribution in [2.24, 2.45) is 11.1 Å². The van der Waals surface area contributed by atoms with Crippen LogP contribution in [-0.2, 0) is 4.79 Å². The fourth-order valence-electron chi connectivity index (χ4n) is 2.66. The van der Waals surface area contributed by atoms with E-state index in [4.69, 9.17) is 5.73 Å². The average Bonchev–Trinajstić information content (AvgIpc) is 2.77. The lowest BCUT2D eigenvalue weighted by atomic mass is 9.78. The third kappa shape index (κ3) is 3.02. The first-order valence-corrected chi connectivity index (χ1v) is 6.84. The zero-order chi connectivity index (χ0) is 14.9. The molecule has 0 spiro atoms. The molecule has 0 radical (unpaired) electrons. The molecule has 0 aliphatic carbocycles. The second-order valence-corrected chi connectivity index (χ2v) is 6.52. The summed E-state index contributed by atoms with van der Waals surface area (Å²) in [4.78, 5) is 14.5. The molecule has 2 rings (SSSR count). The van der Waals surface area contributed by atoms with Gasteiger partial charge in [0, 0.05) is 23.0 Å². The van der Waals surface area contributed by atoms with E-state index in [-0.39, 0.29) is 11.3 Å². The quantitative estimate of drug-likeness (QED) is 0.801. The number of aromatic nitrogens is 1. The minimum Gasteiger partial charge on any atom is -0.480 e. The van der Waals surface area contributed by atoms with Crippen molar-refractivity contribution in [3.8, 4) is 0 Å². The van der Waals surface area contributed by atoms with E-state index >= 15 is 0 Å². The first-order chi connectivity index (χ1) is 9.29. The molecule has 0 saturated carbocycles. The van der Waals surface area contributed by atoms with Gasteiger partial charge in [-0.2, -0.15) is 0 Å². The molecule has 1 heterocycles. The number of nitrogens with one attached hydrogen (secondary N) is 1. The van der Waals surface area contributed by atoms with Gasteiger partial charge < -0.3 is 15.8 Å². The standard InChI is InChI=1S/C16H22N2O2/c1-16(2,3)8-11(14(17)15(19)20)12-9-18-13-7-5-4-6-10(12)13/h4-7,9,11,14,18H,8,17H2,1-3H3,(H,19,20)/t11-,14+/m1/s1. The van der Waals surface area contributed by atoms with Crippen LogP contribution in [0.4, 0.5) is 0 Å². The van der Waals surface area contributed by atoms with Crippen LogP contribution < -0.4 is 5.73 Å². The summed E-state index contributed by atoms with van der Waals surface area (Å²) in [5.74, 6) is -1.16. The van der Waals surface area contributed by atoms with E-state index < -0.39 is 12.0 Å². The summed E-state index contributed by atoms with van der Waals surface area (Å²) in [7, 11) is 0. The van der Waals surface area contributed by atoms with Crippen LogP contribution in [0.5, 0.6) is 0 Å². The van der Waals surface area contributed by atoms with Gasteiger partial charge in [-0.05, 0) is 23.5 Å². The third-order valence-electron chi connectivity index (χ3n) is 3.57. The van der Waals surface area contributed by atoms with Gasteiger partial charge in [0.2, 0.25) is 0 Å². The van der Waals surface area contributed by atoms with Gasteiger partial charge in [-0.15, -0.1) is 0 Å². The maximum Gasteiger partial charge on any atom is 0.321 e. The molecule has 20 heavy (non-hydrogen) atoms. The number of benzene rings is 1.